The summed E-state index contributed by atoms with van der Waals surface area (Å²) in [5, 5.41) is 2.97. The molecule has 0 atom stereocenters. The molecule has 0 fully saturated rings. The Labute approximate surface area is 218 Å². The molecule has 1 aromatic carbocycles. The molecule has 1 amide bonds. The molecule has 6 aromatic rings. The highest BCUT2D eigenvalue weighted by Gasteiger charge is 2.18. The zero-order valence-corrected chi connectivity index (χ0v) is 20.6. The lowest BCUT2D eigenvalue weighted by Gasteiger charge is -2.11. The Kier molecular flexibility index (Phi) is 5.85. The van der Waals surface area contributed by atoms with Crippen molar-refractivity contribution < 1.29 is 4.79 Å². The van der Waals surface area contributed by atoms with Gasteiger partial charge in [-0.3, -0.25) is 14.3 Å². The lowest BCUT2D eigenvalue weighted by Crippen LogP contribution is -2.24. The van der Waals surface area contributed by atoms with Crippen LogP contribution >= 0.6 is 0 Å². The summed E-state index contributed by atoms with van der Waals surface area (Å²) in [5.41, 5.74) is 12.7. The predicted octanol–water partition coefficient (Wildman–Crippen LogP) is 4.40. The van der Waals surface area contributed by atoms with Gasteiger partial charge >= 0.3 is 0 Å². The molecule has 0 spiro atoms. The minimum absolute atomic E-state index is 0.120. The smallest absolute Gasteiger partial charge is 0.268 e. The number of pyridine rings is 3. The van der Waals surface area contributed by atoms with Crippen LogP contribution in [0.5, 0.6) is 0 Å². The van der Waals surface area contributed by atoms with Gasteiger partial charge in [0, 0.05) is 61.4 Å². The average Bonchev–Trinajstić information content (AvgIpc) is 3.56. The molecule has 0 aliphatic carbocycles. The Hall–Kier alpha value is -5.31. The van der Waals surface area contributed by atoms with E-state index in [9.17, 15) is 4.79 Å². The number of rotatable bonds is 6. The van der Waals surface area contributed by atoms with Crippen LogP contribution in [-0.4, -0.2) is 35.0 Å². The number of nitrogen functional groups attached to an aromatic ring is 1. The Morgan fingerprint density at radius 2 is 1.79 bits per heavy atom. The zero-order chi connectivity index (χ0) is 26.1. The number of fused-ring (bicyclic) bond motifs is 1. The second kappa shape index (κ2) is 9.62. The molecule has 0 aliphatic heterocycles. The lowest BCUT2D eigenvalue weighted by molar-refractivity contribution is 0.0943. The van der Waals surface area contributed by atoms with Crippen molar-refractivity contribution in [3.63, 3.8) is 0 Å². The monoisotopic (exact) mass is 500 g/mol. The van der Waals surface area contributed by atoms with E-state index in [1.807, 2.05) is 84.7 Å². The standard InChI is InChI=1S/C29H24N8O/c1-36-14-4-7-25(36)29(38)34-16-19-8-10-22(11-9-19)37-27(23-6-3-13-32-26(23)30)35-24-15-21(18-33-28(24)37)20-5-2-12-31-17-20/h2-15,17-18H,16H2,1H3,(H2,30,32)(H,34,38). The van der Waals surface area contributed by atoms with Crippen molar-refractivity contribution in [3.8, 4) is 28.2 Å². The number of amides is 1. The van der Waals surface area contributed by atoms with Crippen LogP contribution in [0.15, 0.2) is 97.7 Å². The lowest BCUT2D eigenvalue weighted by atomic mass is 10.1. The largest absolute Gasteiger partial charge is 0.383 e. The van der Waals surface area contributed by atoms with Crippen molar-refractivity contribution in [1.29, 1.82) is 0 Å². The summed E-state index contributed by atoms with van der Waals surface area (Å²) in [6.45, 7) is 0.407. The maximum atomic E-state index is 12.5. The van der Waals surface area contributed by atoms with E-state index >= 15 is 0 Å². The van der Waals surface area contributed by atoms with Gasteiger partial charge in [0.1, 0.15) is 17.0 Å². The minimum atomic E-state index is -0.120. The van der Waals surface area contributed by atoms with Crippen LogP contribution in [0.4, 0.5) is 5.82 Å². The summed E-state index contributed by atoms with van der Waals surface area (Å²) in [6, 6.07) is 21.2. The molecule has 5 aromatic heterocycles. The first-order valence-electron chi connectivity index (χ1n) is 12.1. The summed E-state index contributed by atoms with van der Waals surface area (Å²) >= 11 is 0. The van der Waals surface area contributed by atoms with E-state index in [-0.39, 0.29) is 5.91 Å². The molecule has 9 nitrogen and oxygen atoms in total. The molecule has 0 aliphatic rings. The summed E-state index contributed by atoms with van der Waals surface area (Å²) in [6.07, 6.45) is 8.86. The molecule has 0 unspecified atom stereocenters. The number of nitrogens with zero attached hydrogens (tertiary/aromatic N) is 6. The summed E-state index contributed by atoms with van der Waals surface area (Å²) < 4.78 is 3.77. The molecule has 186 valence electrons. The van der Waals surface area contributed by atoms with Crippen LogP contribution in [0.1, 0.15) is 16.1 Å². The summed E-state index contributed by atoms with van der Waals surface area (Å²) in [4.78, 5) is 30.7. The second-order valence-electron chi connectivity index (χ2n) is 8.87. The van der Waals surface area contributed by atoms with Crippen LogP contribution in [0, 0.1) is 0 Å². The van der Waals surface area contributed by atoms with E-state index in [2.05, 4.69) is 15.3 Å². The normalized spacial score (nSPS) is 11.1. The zero-order valence-electron chi connectivity index (χ0n) is 20.6. The highest BCUT2D eigenvalue weighted by atomic mass is 16.1. The Morgan fingerprint density at radius 1 is 0.947 bits per heavy atom. The van der Waals surface area contributed by atoms with Crippen LogP contribution in [-0.2, 0) is 13.6 Å². The first kappa shape index (κ1) is 23.1. The first-order valence-corrected chi connectivity index (χ1v) is 12.1. The summed E-state index contributed by atoms with van der Waals surface area (Å²) in [7, 11) is 1.85. The maximum Gasteiger partial charge on any atom is 0.268 e. The van der Waals surface area contributed by atoms with E-state index < -0.39 is 0 Å². The number of benzene rings is 1. The molecule has 0 saturated carbocycles. The second-order valence-corrected chi connectivity index (χ2v) is 8.87. The van der Waals surface area contributed by atoms with Crippen molar-refractivity contribution in [1.82, 2.24) is 34.4 Å². The first-order chi connectivity index (χ1) is 18.6. The van der Waals surface area contributed by atoms with Crippen LogP contribution in [0.25, 0.3) is 39.4 Å². The van der Waals surface area contributed by atoms with Gasteiger partial charge in [-0.1, -0.05) is 18.2 Å². The highest BCUT2D eigenvalue weighted by molar-refractivity contribution is 5.92. The van der Waals surface area contributed by atoms with Gasteiger partial charge in [-0.15, -0.1) is 0 Å². The van der Waals surface area contributed by atoms with Gasteiger partial charge in [0.15, 0.2) is 11.5 Å². The summed E-state index contributed by atoms with van der Waals surface area (Å²) in [5.74, 6) is 0.910. The van der Waals surface area contributed by atoms with Gasteiger partial charge in [0.25, 0.3) is 5.91 Å². The predicted molar refractivity (Wildman–Crippen MR) is 146 cm³/mol. The number of carbonyl (C=O) groups is 1. The van der Waals surface area contributed by atoms with Crippen LogP contribution < -0.4 is 11.1 Å². The van der Waals surface area contributed by atoms with Gasteiger partial charge in [-0.2, -0.15) is 0 Å². The van der Waals surface area contributed by atoms with Gasteiger partial charge < -0.3 is 15.6 Å². The van der Waals surface area contributed by atoms with E-state index in [0.29, 0.717) is 35.1 Å². The van der Waals surface area contributed by atoms with Crippen LogP contribution in [0.2, 0.25) is 0 Å². The third-order valence-electron chi connectivity index (χ3n) is 6.40. The quantitative estimate of drug-likeness (QED) is 0.350. The Bertz CT molecular complexity index is 1750. The molecule has 6 rings (SSSR count). The fourth-order valence-corrected chi connectivity index (χ4v) is 4.42. The number of aromatic nitrogens is 6. The van der Waals surface area contributed by atoms with Gasteiger partial charge in [-0.05, 0) is 54.1 Å². The number of imidazole rings is 1. The third kappa shape index (κ3) is 4.26. The molecular formula is C29H24N8O. The van der Waals surface area contributed by atoms with E-state index in [1.165, 1.54) is 0 Å². The average molecular weight is 501 g/mol. The topological polar surface area (TPSA) is 117 Å². The highest BCUT2D eigenvalue weighted by Crippen LogP contribution is 2.32. The molecule has 9 heteroatoms. The third-order valence-corrected chi connectivity index (χ3v) is 6.40. The fourth-order valence-electron chi connectivity index (χ4n) is 4.42. The van der Waals surface area contributed by atoms with E-state index in [1.54, 1.807) is 29.2 Å². The maximum absolute atomic E-state index is 12.5. The number of anilines is 1. The van der Waals surface area contributed by atoms with Crippen molar-refractivity contribution in [2.24, 2.45) is 7.05 Å². The fraction of sp³-hybridized carbons (Fsp3) is 0.0690. The molecule has 0 saturated heterocycles. The minimum Gasteiger partial charge on any atom is -0.383 e. The van der Waals surface area contributed by atoms with Crippen molar-refractivity contribution in [2.75, 3.05) is 5.73 Å². The molecular weight excluding hydrogens is 476 g/mol. The molecule has 0 radical (unpaired) electrons. The van der Waals surface area contributed by atoms with Crippen molar-refractivity contribution in [3.05, 3.63) is 109 Å². The SMILES string of the molecule is Cn1cccc1C(=O)NCc1ccc(-n2c(-c3cccnc3N)nc3cc(-c4cccnc4)cnc32)cc1. The Morgan fingerprint density at radius 3 is 2.53 bits per heavy atom. The van der Waals surface area contributed by atoms with Gasteiger partial charge in [-0.25, -0.2) is 15.0 Å². The van der Waals surface area contributed by atoms with Crippen LogP contribution in [0.3, 0.4) is 0 Å². The van der Waals surface area contributed by atoms with Gasteiger partial charge in [0.05, 0.1) is 5.56 Å². The number of hydrogen-bond donors (Lipinski definition) is 2. The molecule has 5 heterocycles. The molecule has 3 N–H and O–H groups in total. The number of carbonyl (C=O) groups excluding carboxylic acids is 1. The number of nitrogens with two attached hydrogens (primary N) is 1. The molecule has 0 bridgehead atoms. The number of aryl methyl sites for hydroxylation is 1. The van der Waals surface area contributed by atoms with Crippen molar-refractivity contribution in [2.45, 2.75) is 6.54 Å². The van der Waals surface area contributed by atoms with E-state index in [0.717, 1.165) is 27.9 Å². The number of hydrogen-bond acceptors (Lipinski definition) is 6. The number of nitrogens with one attached hydrogen (secondary N) is 1. The van der Waals surface area contributed by atoms with Crippen molar-refractivity contribution >= 4 is 22.9 Å². The van der Waals surface area contributed by atoms with Gasteiger partial charge in [0.2, 0.25) is 0 Å². The van der Waals surface area contributed by atoms with E-state index in [4.69, 9.17) is 15.7 Å². The Balaban J connectivity index is 1.37. The molecule has 38 heavy (non-hydrogen) atoms.